The van der Waals surface area contributed by atoms with E-state index in [0.717, 1.165) is 17.7 Å². The number of hydrogen-bond donors (Lipinski definition) is 2. The number of ether oxygens (including phenoxy) is 1. The molecule has 0 radical (unpaired) electrons. The Morgan fingerprint density at radius 2 is 2.04 bits per heavy atom. The molecule has 0 bridgehead atoms. The summed E-state index contributed by atoms with van der Waals surface area (Å²) >= 11 is 5.96. The molecule has 0 aromatic heterocycles. The summed E-state index contributed by atoms with van der Waals surface area (Å²) in [6.07, 6.45) is 0. The number of halogens is 3. The van der Waals surface area contributed by atoms with E-state index >= 15 is 0 Å². The van der Waals surface area contributed by atoms with E-state index in [9.17, 15) is 13.6 Å². The zero-order chi connectivity index (χ0) is 16.8. The van der Waals surface area contributed by atoms with Gasteiger partial charge in [0.05, 0.1) is 6.54 Å². The fourth-order valence-electron chi connectivity index (χ4n) is 1.83. The van der Waals surface area contributed by atoms with Gasteiger partial charge in [-0.3, -0.25) is 0 Å². The summed E-state index contributed by atoms with van der Waals surface area (Å²) in [6, 6.07) is 7.78. The smallest absolute Gasteiger partial charge is 0.319 e. The van der Waals surface area contributed by atoms with E-state index in [1.165, 1.54) is 6.07 Å². The van der Waals surface area contributed by atoms with Crippen LogP contribution in [0.5, 0.6) is 5.75 Å². The molecule has 2 aromatic rings. The third kappa shape index (κ3) is 4.82. The monoisotopic (exact) mass is 340 g/mol. The van der Waals surface area contributed by atoms with E-state index in [1.807, 2.05) is 0 Å². The molecule has 0 unspecified atom stereocenters. The Balaban J connectivity index is 1.78. The van der Waals surface area contributed by atoms with Crippen molar-refractivity contribution in [2.45, 2.75) is 6.92 Å². The highest BCUT2D eigenvalue weighted by Gasteiger charge is 2.07. The summed E-state index contributed by atoms with van der Waals surface area (Å²) < 4.78 is 31.2. The van der Waals surface area contributed by atoms with E-state index in [2.05, 4.69) is 10.6 Å². The molecule has 0 saturated carbocycles. The molecule has 122 valence electrons. The van der Waals surface area contributed by atoms with E-state index in [-0.39, 0.29) is 18.9 Å². The molecule has 0 aliphatic rings. The number of amides is 2. The Morgan fingerprint density at radius 3 is 2.78 bits per heavy atom. The molecule has 2 rings (SSSR count). The SMILES string of the molecule is Cc1c(Cl)cccc1NC(=O)NCCOc1ccc(F)cc1F. The van der Waals surface area contributed by atoms with Crippen LogP contribution in [0.4, 0.5) is 19.3 Å². The van der Waals surface area contributed by atoms with Crippen LogP contribution in [-0.4, -0.2) is 19.2 Å². The first-order valence-corrected chi connectivity index (χ1v) is 7.23. The van der Waals surface area contributed by atoms with Gasteiger partial charge in [-0.05, 0) is 36.8 Å². The lowest BCUT2D eigenvalue weighted by atomic mass is 10.2. The van der Waals surface area contributed by atoms with E-state index < -0.39 is 17.7 Å². The van der Waals surface area contributed by atoms with Crippen LogP contribution < -0.4 is 15.4 Å². The third-order valence-corrected chi connectivity index (χ3v) is 3.46. The lowest BCUT2D eigenvalue weighted by molar-refractivity contribution is 0.246. The quantitative estimate of drug-likeness (QED) is 0.804. The van der Waals surface area contributed by atoms with Gasteiger partial charge in [-0.15, -0.1) is 0 Å². The molecule has 0 aliphatic heterocycles. The van der Waals surface area contributed by atoms with Crippen molar-refractivity contribution in [1.29, 1.82) is 0 Å². The minimum absolute atomic E-state index is 0.0461. The largest absolute Gasteiger partial charge is 0.489 e. The van der Waals surface area contributed by atoms with Crippen molar-refractivity contribution < 1.29 is 18.3 Å². The van der Waals surface area contributed by atoms with Crippen LogP contribution in [0.25, 0.3) is 0 Å². The van der Waals surface area contributed by atoms with Crippen molar-refractivity contribution in [3.63, 3.8) is 0 Å². The molecule has 23 heavy (non-hydrogen) atoms. The first-order valence-electron chi connectivity index (χ1n) is 6.85. The van der Waals surface area contributed by atoms with Crippen LogP contribution in [0.3, 0.4) is 0 Å². The molecule has 2 aromatic carbocycles. The van der Waals surface area contributed by atoms with Gasteiger partial charge in [0.2, 0.25) is 0 Å². The Hall–Kier alpha value is -2.34. The Labute approximate surface area is 137 Å². The molecule has 0 atom stereocenters. The number of benzene rings is 2. The summed E-state index contributed by atoms with van der Waals surface area (Å²) in [4.78, 5) is 11.8. The maximum absolute atomic E-state index is 13.3. The highest BCUT2D eigenvalue weighted by molar-refractivity contribution is 6.31. The minimum atomic E-state index is -0.788. The Morgan fingerprint density at radius 1 is 1.26 bits per heavy atom. The van der Waals surface area contributed by atoms with Gasteiger partial charge in [0, 0.05) is 16.8 Å². The molecule has 4 nitrogen and oxygen atoms in total. The normalized spacial score (nSPS) is 10.3. The molecule has 0 saturated heterocycles. The molecule has 7 heteroatoms. The van der Waals surface area contributed by atoms with E-state index in [0.29, 0.717) is 10.7 Å². The van der Waals surface area contributed by atoms with Gasteiger partial charge in [0.1, 0.15) is 12.4 Å². The average molecular weight is 341 g/mol. The summed E-state index contributed by atoms with van der Waals surface area (Å²) in [6.45, 7) is 1.99. The molecule has 0 aliphatic carbocycles. The van der Waals surface area contributed by atoms with E-state index in [4.69, 9.17) is 16.3 Å². The molecule has 2 N–H and O–H groups in total. The van der Waals surface area contributed by atoms with Gasteiger partial charge >= 0.3 is 6.03 Å². The Kier molecular flexibility index (Phi) is 5.76. The van der Waals surface area contributed by atoms with Crippen molar-refractivity contribution in [2.75, 3.05) is 18.5 Å². The average Bonchev–Trinajstić information content (AvgIpc) is 2.50. The van der Waals surface area contributed by atoms with Crippen molar-refractivity contribution >= 4 is 23.3 Å². The molecule has 0 fully saturated rings. The third-order valence-electron chi connectivity index (χ3n) is 3.06. The molecule has 0 heterocycles. The number of anilines is 1. The number of carbonyl (C=O) groups is 1. The second-order valence-electron chi connectivity index (χ2n) is 4.72. The van der Waals surface area contributed by atoms with Gasteiger partial charge in [0.15, 0.2) is 11.6 Å². The minimum Gasteiger partial charge on any atom is -0.489 e. The van der Waals surface area contributed by atoms with Crippen LogP contribution in [0, 0.1) is 18.6 Å². The van der Waals surface area contributed by atoms with Gasteiger partial charge in [-0.2, -0.15) is 0 Å². The van der Waals surface area contributed by atoms with Crippen LogP contribution >= 0.6 is 11.6 Å². The number of carbonyl (C=O) groups excluding carboxylic acids is 1. The second kappa shape index (κ2) is 7.78. The van der Waals surface area contributed by atoms with Crippen molar-refractivity contribution in [2.24, 2.45) is 0 Å². The molecule has 2 amide bonds. The lowest BCUT2D eigenvalue weighted by Crippen LogP contribution is -2.32. The second-order valence-corrected chi connectivity index (χ2v) is 5.12. The van der Waals surface area contributed by atoms with Crippen molar-refractivity contribution in [1.82, 2.24) is 5.32 Å². The number of urea groups is 1. The standard InChI is InChI=1S/C16H15ClF2N2O2/c1-10-12(17)3-2-4-14(10)21-16(22)20-7-8-23-15-6-5-11(18)9-13(15)19/h2-6,9H,7-8H2,1H3,(H2,20,21,22). The van der Waals surface area contributed by atoms with Gasteiger partial charge in [-0.1, -0.05) is 17.7 Å². The molecule has 0 spiro atoms. The topological polar surface area (TPSA) is 50.4 Å². The van der Waals surface area contributed by atoms with Crippen LogP contribution in [0.2, 0.25) is 5.02 Å². The summed E-state index contributed by atoms with van der Waals surface area (Å²) in [5.74, 6) is -1.53. The van der Waals surface area contributed by atoms with Crippen molar-refractivity contribution in [3.8, 4) is 5.75 Å². The van der Waals surface area contributed by atoms with Gasteiger partial charge in [-0.25, -0.2) is 13.6 Å². The maximum Gasteiger partial charge on any atom is 0.319 e. The Bertz CT molecular complexity index is 710. The van der Waals surface area contributed by atoms with Crippen LogP contribution in [-0.2, 0) is 0 Å². The first-order chi connectivity index (χ1) is 11.0. The number of hydrogen-bond acceptors (Lipinski definition) is 2. The number of nitrogens with one attached hydrogen (secondary N) is 2. The summed E-state index contributed by atoms with van der Waals surface area (Å²) in [5.41, 5.74) is 1.36. The first kappa shape index (κ1) is 17.0. The van der Waals surface area contributed by atoms with Crippen LogP contribution in [0.15, 0.2) is 36.4 Å². The zero-order valence-corrected chi connectivity index (χ0v) is 13.1. The van der Waals surface area contributed by atoms with Gasteiger partial charge < -0.3 is 15.4 Å². The fourth-order valence-corrected chi connectivity index (χ4v) is 2.00. The van der Waals surface area contributed by atoms with Crippen molar-refractivity contribution in [3.05, 3.63) is 58.6 Å². The lowest BCUT2D eigenvalue weighted by Gasteiger charge is -2.11. The summed E-state index contributed by atoms with van der Waals surface area (Å²) in [7, 11) is 0. The van der Waals surface area contributed by atoms with Crippen LogP contribution in [0.1, 0.15) is 5.56 Å². The highest BCUT2D eigenvalue weighted by Crippen LogP contribution is 2.22. The highest BCUT2D eigenvalue weighted by atomic mass is 35.5. The maximum atomic E-state index is 13.3. The molecular weight excluding hydrogens is 326 g/mol. The number of rotatable bonds is 5. The predicted octanol–water partition coefficient (Wildman–Crippen LogP) is 4.13. The zero-order valence-electron chi connectivity index (χ0n) is 12.3. The predicted molar refractivity (Wildman–Crippen MR) is 85.1 cm³/mol. The molecular formula is C16H15ClF2N2O2. The van der Waals surface area contributed by atoms with Gasteiger partial charge in [0.25, 0.3) is 0 Å². The fraction of sp³-hybridized carbons (Fsp3) is 0.188. The summed E-state index contributed by atoms with van der Waals surface area (Å²) in [5, 5.41) is 5.77. The van der Waals surface area contributed by atoms with E-state index in [1.54, 1.807) is 25.1 Å².